The Morgan fingerprint density at radius 3 is 2.55 bits per heavy atom. The molecule has 0 atom stereocenters. The normalized spacial score (nSPS) is 17.0. The van der Waals surface area contributed by atoms with Crippen LogP contribution in [-0.4, -0.2) is 74.3 Å². The van der Waals surface area contributed by atoms with E-state index in [0.717, 1.165) is 51.9 Å². The van der Waals surface area contributed by atoms with E-state index in [0.29, 0.717) is 0 Å². The summed E-state index contributed by atoms with van der Waals surface area (Å²) >= 11 is 1.88. The van der Waals surface area contributed by atoms with Crippen molar-refractivity contribution in [1.82, 2.24) is 15.5 Å². The third kappa shape index (κ3) is 8.79. The first-order valence-electron chi connectivity index (χ1n) is 7.94. The van der Waals surface area contributed by atoms with Crippen LogP contribution in [0.15, 0.2) is 4.99 Å². The first-order chi connectivity index (χ1) is 10.1. The zero-order valence-electron chi connectivity index (χ0n) is 14.5. The number of thioether (sulfide) groups is 1. The van der Waals surface area contributed by atoms with Crippen molar-refractivity contribution in [1.29, 1.82) is 0 Å². The maximum absolute atomic E-state index is 5.43. The van der Waals surface area contributed by atoms with E-state index in [9.17, 15) is 0 Å². The van der Waals surface area contributed by atoms with Gasteiger partial charge in [0.2, 0.25) is 0 Å². The number of rotatable bonds is 8. The first-order valence-corrected chi connectivity index (χ1v) is 9.33. The molecule has 1 heterocycles. The van der Waals surface area contributed by atoms with Crippen LogP contribution < -0.4 is 10.6 Å². The first kappa shape index (κ1) is 22.3. The zero-order chi connectivity index (χ0) is 15.6. The van der Waals surface area contributed by atoms with Gasteiger partial charge in [0.25, 0.3) is 0 Å². The van der Waals surface area contributed by atoms with Crippen molar-refractivity contribution < 1.29 is 4.74 Å². The summed E-state index contributed by atoms with van der Waals surface area (Å²) in [6.45, 7) is 13.0. The SMILES string of the molecule is CCNC(=NCC(C)(C)N1CCOCC1)NCCCSC.I. The minimum Gasteiger partial charge on any atom is -0.379 e. The molecule has 132 valence electrons. The monoisotopic (exact) mass is 444 g/mol. The van der Waals surface area contributed by atoms with E-state index in [1.807, 2.05) is 11.8 Å². The number of ether oxygens (including phenoxy) is 1. The van der Waals surface area contributed by atoms with Gasteiger partial charge in [-0.3, -0.25) is 9.89 Å². The molecular weight excluding hydrogens is 411 g/mol. The summed E-state index contributed by atoms with van der Waals surface area (Å²) < 4.78 is 5.43. The van der Waals surface area contributed by atoms with Crippen molar-refractivity contribution in [3.05, 3.63) is 0 Å². The molecule has 2 N–H and O–H groups in total. The highest BCUT2D eigenvalue weighted by Crippen LogP contribution is 2.16. The van der Waals surface area contributed by atoms with Gasteiger partial charge in [0, 0.05) is 31.7 Å². The summed E-state index contributed by atoms with van der Waals surface area (Å²) in [7, 11) is 0. The predicted octanol–water partition coefficient (Wildman–Crippen LogP) is 2.02. The lowest BCUT2D eigenvalue weighted by Crippen LogP contribution is -2.52. The molecule has 1 rings (SSSR count). The Labute approximate surface area is 157 Å². The number of nitrogens with one attached hydrogen (secondary N) is 2. The van der Waals surface area contributed by atoms with Gasteiger partial charge in [-0.1, -0.05) is 0 Å². The molecule has 22 heavy (non-hydrogen) atoms. The number of guanidine groups is 1. The Kier molecular flexibility index (Phi) is 12.8. The van der Waals surface area contributed by atoms with Crippen LogP contribution in [0.3, 0.4) is 0 Å². The number of nitrogens with zero attached hydrogens (tertiary/aromatic N) is 2. The third-order valence-electron chi connectivity index (χ3n) is 3.65. The molecule has 1 saturated heterocycles. The zero-order valence-corrected chi connectivity index (χ0v) is 17.6. The molecule has 0 amide bonds. The van der Waals surface area contributed by atoms with Gasteiger partial charge in [-0.05, 0) is 39.2 Å². The van der Waals surface area contributed by atoms with Crippen molar-refractivity contribution >= 4 is 41.7 Å². The van der Waals surface area contributed by atoms with Crippen LogP contribution >= 0.6 is 35.7 Å². The van der Waals surface area contributed by atoms with Crippen LogP contribution in [0.1, 0.15) is 27.2 Å². The van der Waals surface area contributed by atoms with E-state index >= 15 is 0 Å². The lowest BCUT2D eigenvalue weighted by Gasteiger charge is -2.39. The van der Waals surface area contributed by atoms with E-state index in [4.69, 9.17) is 9.73 Å². The van der Waals surface area contributed by atoms with Crippen molar-refractivity contribution in [3.63, 3.8) is 0 Å². The fourth-order valence-corrected chi connectivity index (χ4v) is 2.74. The van der Waals surface area contributed by atoms with Gasteiger partial charge < -0.3 is 15.4 Å². The van der Waals surface area contributed by atoms with E-state index in [2.05, 4.69) is 42.6 Å². The molecular formula is C15H33IN4OS. The van der Waals surface area contributed by atoms with Crippen LogP contribution in [0.25, 0.3) is 0 Å². The van der Waals surface area contributed by atoms with Crippen LogP contribution in [0.2, 0.25) is 0 Å². The summed E-state index contributed by atoms with van der Waals surface area (Å²) in [4.78, 5) is 7.23. The summed E-state index contributed by atoms with van der Waals surface area (Å²) in [5.74, 6) is 2.12. The van der Waals surface area contributed by atoms with Crippen molar-refractivity contribution in [3.8, 4) is 0 Å². The molecule has 0 aliphatic carbocycles. The second-order valence-corrected chi connectivity index (χ2v) is 6.87. The van der Waals surface area contributed by atoms with E-state index in [1.54, 1.807) is 0 Å². The average molecular weight is 444 g/mol. The summed E-state index contributed by atoms with van der Waals surface area (Å²) in [5, 5.41) is 6.74. The smallest absolute Gasteiger partial charge is 0.191 e. The number of halogens is 1. The highest BCUT2D eigenvalue weighted by atomic mass is 127. The minimum atomic E-state index is 0. The van der Waals surface area contributed by atoms with Crippen molar-refractivity contribution in [2.24, 2.45) is 4.99 Å². The quantitative estimate of drug-likeness (QED) is 0.260. The molecule has 1 aliphatic rings. The van der Waals surface area contributed by atoms with Gasteiger partial charge >= 0.3 is 0 Å². The Bertz CT molecular complexity index is 310. The lowest BCUT2D eigenvalue weighted by atomic mass is 10.0. The van der Waals surface area contributed by atoms with Gasteiger partial charge in [0.1, 0.15) is 0 Å². The predicted molar refractivity (Wildman–Crippen MR) is 109 cm³/mol. The molecule has 0 aromatic heterocycles. The second kappa shape index (κ2) is 12.7. The number of aliphatic imine (C=N–C) groups is 1. The molecule has 0 aromatic rings. The fraction of sp³-hybridized carbons (Fsp3) is 0.933. The van der Waals surface area contributed by atoms with Crippen LogP contribution in [0.5, 0.6) is 0 Å². The standard InChI is InChI=1S/C15H32N4OS.HI/c1-5-16-14(17-7-6-12-21-4)18-13-15(2,3)19-8-10-20-11-9-19;/h5-13H2,1-4H3,(H2,16,17,18);1H. The Hall–Kier alpha value is 0.270. The van der Waals surface area contributed by atoms with Crippen LogP contribution in [0, 0.1) is 0 Å². The molecule has 0 aromatic carbocycles. The highest BCUT2D eigenvalue weighted by molar-refractivity contribution is 14.0. The molecule has 5 nitrogen and oxygen atoms in total. The maximum atomic E-state index is 5.43. The molecule has 1 aliphatic heterocycles. The summed E-state index contributed by atoms with van der Waals surface area (Å²) in [6.07, 6.45) is 3.31. The number of morpholine rings is 1. The van der Waals surface area contributed by atoms with Gasteiger partial charge in [-0.15, -0.1) is 24.0 Å². The van der Waals surface area contributed by atoms with Crippen LogP contribution in [0.4, 0.5) is 0 Å². The average Bonchev–Trinajstić information content (AvgIpc) is 2.50. The Morgan fingerprint density at radius 2 is 1.95 bits per heavy atom. The van der Waals surface area contributed by atoms with Gasteiger partial charge in [0.05, 0.1) is 19.8 Å². The van der Waals surface area contributed by atoms with Crippen molar-refractivity contribution in [2.45, 2.75) is 32.7 Å². The largest absolute Gasteiger partial charge is 0.379 e. The number of hydrogen-bond donors (Lipinski definition) is 2. The Balaban J connectivity index is 0.00000441. The minimum absolute atomic E-state index is 0. The maximum Gasteiger partial charge on any atom is 0.191 e. The Morgan fingerprint density at radius 1 is 1.27 bits per heavy atom. The summed E-state index contributed by atoms with van der Waals surface area (Å²) in [5.41, 5.74) is 0.0748. The third-order valence-corrected chi connectivity index (χ3v) is 4.35. The molecule has 0 unspecified atom stereocenters. The van der Waals surface area contributed by atoms with Gasteiger partial charge in [-0.2, -0.15) is 11.8 Å². The van der Waals surface area contributed by atoms with Crippen LogP contribution in [-0.2, 0) is 4.74 Å². The van der Waals surface area contributed by atoms with E-state index < -0.39 is 0 Å². The molecule has 7 heteroatoms. The van der Waals surface area contributed by atoms with Gasteiger partial charge in [-0.25, -0.2) is 0 Å². The molecule has 0 radical (unpaired) electrons. The molecule has 0 bridgehead atoms. The molecule has 0 saturated carbocycles. The molecule has 1 fully saturated rings. The van der Waals surface area contributed by atoms with E-state index in [-0.39, 0.29) is 29.5 Å². The summed E-state index contributed by atoms with van der Waals surface area (Å²) in [6, 6.07) is 0. The van der Waals surface area contributed by atoms with Gasteiger partial charge in [0.15, 0.2) is 5.96 Å². The van der Waals surface area contributed by atoms with E-state index in [1.165, 1.54) is 12.2 Å². The highest BCUT2D eigenvalue weighted by Gasteiger charge is 2.27. The topological polar surface area (TPSA) is 48.9 Å². The fourth-order valence-electron chi connectivity index (χ4n) is 2.31. The van der Waals surface area contributed by atoms with Crippen molar-refractivity contribution in [2.75, 3.05) is 57.9 Å². The lowest BCUT2D eigenvalue weighted by molar-refractivity contribution is -0.00683. The number of hydrogen-bond acceptors (Lipinski definition) is 4. The second-order valence-electron chi connectivity index (χ2n) is 5.88. The molecule has 0 spiro atoms.